The molecular formula is C12H14N2O. The molecule has 0 unspecified atom stereocenters. The highest BCUT2D eigenvalue weighted by Crippen LogP contribution is 2.21. The molecule has 0 aliphatic rings. The number of aryl methyl sites for hydroxylation is 2. The lowest BCUT2D eigenvalue weighted by Crippen LogP contribution is -1.97. The zero-order valence-electron chi connectivity index (χ0n) is 8.95. The monoisotopic (exact) mass is 202 g/mol. The van der Waals surface area contributed by atoms with Crippen LogP contribution in [0.5, 0.6) is 0 Å². The van der Waals surface area contributed by atoms with Crippen LogP contribution in [0.15, 0.2) is 28.7 Å². The minimum atomic E-state index is 0.418. The molecule has 0 aliphatic heterocycles. The van der Waals surface area contributed by atoms with Gasteiger partial charge in [-0.3, -0.25) is 0 Å². The summed E-state index contributed by atoms with van der Waals surface area (Å²) >= 11 is 0. The second-order valence-electron chi connectivity index (χ2n) is 3.59. The highest BCUT2D eigenvalue weighted by Gasteiger charge is 2.09. The highest BCUT2D eigenvalue weighted by molar-refractivity contribution is 5.54. The van der Waals surface area contributed by atoms with Gasteiger partial charge in [-0.25, -0.2) is 4.98 Å². The summed E-state index contributed by atoms with van der Waals surface area (Å²) in [7, 11) is 0. The number of benzene rings is 1. The summed E-state index contributed by atoms with van der Waals surface area (Å²) in [4.78, 5) is 4.34. The summed E-state index contributed by atoms with van der Waals surface area (Å²) in [6.45, 7) is 4.35. The molecule has 2 N–H and O–H groups in total. The fourth-order valence-electron chi connectivity index (χ4n) is 1.44. The van der Waals surface area contributed by atoms with Gasteiger partial charge in [0.15, 0.2) is 0 Å². The molecule has 15 heavy (non-hydrogen) atoms. The molecule has 0 spiro atoms. The Morgan fingerprint density at radius 1 is 1.20 bits per heavy atom. The number of rotatable bonds is 2. The Kier molecular flexibility index (Phi) is 2.56. The molecule has 0 aliphatic carbocycles. The van der Waals surface area contributed by atoms with Crippen molar-refractivity contribution in [3.63, 3.8) is 0 Å². The van der Waals surface area contributed by atoms with Crippen molar-refractivity contribution in [1.29, 1.82) is 0 Å². The zero-order chi connectivity index (χ0) is 10.8. The topological polar surface area (TPSA) is 52.0 Å². The fraction of sp³-hybridized carbons (Fsp3) is 0.250. The van der Waals surface area contributed by atoms with Crippen molar-refractivity contribution in [3.05, 3.63) is 41.3 Å². The molecule has 3 nitrogen and oxygen atoms in total. The first-order valence-electron chi connectivity index (χ1n) is 4.94. The summed E-state index contributed by atoms with van der Waals surface area (Å²) < 4.78 is 5.54. The van der Waals surface area contributed by atoms with E-state index in [2.05, 4.69) is 11.9 Å². The van der Waals surface area contributed by atoms with Crippen LogP contribution in [0, 0.1) is 13.8 Å². The first kappa shape index (κ1) is 9.93. The zero-order valence-corrected chi connectivity index (χ0v) is 8.95. The van der Waals surface area contributed by atoms with Gasteiger partial charge >= 0.3 is 0 Å². The van der Waals surface area contributed by atoms with Crippen LogP contribution in [0.1, 0.15) is 17.0 Å². The number of aromatic nitrogens is 1. The predicted octanol–water partition coefficient (Wildman–Crippen LogP) is 2.42. The van der Waals surface area contributed by atoms with E-state index in [1.54, 1.807) is 0 Å². The Hall–Kier alpha value is -1.61. The molecule has 2 rings (SSSR count). The summed E-state index contributed by atoms with van der Waals surface area (Å²) in [5, 5.41) is 0. The molecule has 0 radical (unpaired) electrons. The van der Waals surface area contributed by atoms with Crippen molar-refractivity contribution in [3.8, 4) is 11.5 Å². The second-order valence-corrected chi connectivity index (χ2v) is 3.59. The van der Waals surface area contributed by atoms with E-state index in [0.29, 0.717) is 12.4 Å². The normalized spacial score (nSPS) is 10.6. The molecule has 1 aromatic carbocycles. The summed E-state index contributed by atoms with van der Waals surface area (Å²) in [6.07, 6.45) is 0. The van der Waals surface area contributed by atoms with E-state index < -0.39 is 0 Å². The largest absolute Gasteiger partial charge is 0.441 e. The number of oxazole rings is 1. The van der Waals surface area contributed by atoms with Gasteiger partial charge in [0.05, 0.1) is 5.69 Å². The van der Waals surface area contributed by atoms with Crippen LogP contribution in [0.2, 0.25) is 0 Å². The standard InChI is InChI=1S/C12H14N2O/c1-8-3-5-10(6-4-8)12-14-11(7-13)9(2)15-12/h3-6H,7,13H2,1-2H3. The first-order valence-corrected chi connectivity index (χ1v) is 4.94. The second kappa shape index (κ2) is 3.87. The Balaban J connectivity index is 2.41. The minimum absolute atomic E-state index is 0.418. The maximum atomic E-state index is 5.54. The molecule has 0 saturated carbocycles. The van der Waals surface area contributed by atoms with Gasteiger partial charge in [-0.05, 0) is 26.0 Å². The molecule has 0 fully saturated rings. The van der Waals surface area contributed by atoms with Crippen LogP contribution < -0.4 is 5.73 Å². The molecule has 2 aromatic rings. The lowest BCUT2D eigenvalue weighted by Gasteiger charge is -1.95. The Morgan fingerprint density at radius 2 is 1.87 bits per heavy atom. The van der Waals surface area contributed by atoms with Crippen molar-refractivity contribution < 1.29 is 4.42 Å². The molecule has 0 bridgehead atoms. The third-order valence-corrected chi connectivity index (χ3v) is 2.38. The van der Waals surface area contributed by atoms with E-state index >= 15 is 0 Å². The summed E-state index contributed by atoms with van der Waals surface area (Å²) in [6, 6.07) is 8.08. The van der Waals surface area contributed by atoms with Gasteiger partial charge in [0, 0.05) is 12.1 Å². The van der Waals surface area contributed by atoms with E-state index in [0.717, 1.165) is 17.0 Å². The van der Waals surface area contributed by atoms with Gasteiger partial charge in [0.1, 0.15) is 5.76 Å². The average Bonchev–Trinajstić information content (AvgIpc) is 2.61. The van der Waals surface area contributed by atoms with Crippen LogP contribution in [0.25, 0.3) is 11.5 Å². The van der Waals surface area contributed by atoms with Gasteiger partial charge in [-0.15, -0.1) is 0 Å². The number of nitrogens with two attached hydrogens (primary N) is 1. The van der Waals surface area contributed by atoms with E-state index in [4.69, 9.17) is 10.2 Å². The summed E-state index contributed by atoms with van der Waals surface area (Å²) in [5.41, 5.74) is 8.58. The SMILES string of the molecule is Cc1ccc(-c2nc(CN)c(C)o2)cc1. The van der Waals surface area contributed by atoms with E-state index in [1.165, 1.54) is 5.56 Å². The van der Waals surface area contributed by atoms with Gasteiger partial charge in [0.25, 0.3) is 0 Å². The van der Waals surface area contributed by atoms with Crippen LogP contribution >= 0.6 is 0 Å². The fourth-order valence-corrected chi connectivity index (χ4v) is 1.44. The number of nitrogens with zero attached hydrogens (tertiary/aromatic N) is 1. The quantitative estimate of drug-likeness (QED) is 0.813. The van der Waals surface area contributed by atoms with E-state index in [9.17, 15) is 0 Å². The third kappa shape index (κ3) is 1.92. The van der Waals surface area contributed by atoms with Crippen molar-refractivity contribution in [2.45, 2.75) is 20.4 Å². The molecule has 0 amide bonds. The molecule has 0 atom stereocenters. The van der Waals surface area contributed by atoms with Crippen molar-refractivity contribution in [2.75, 3.05) is 0 Å². The molecule has 1 aromatic heterocycles. The third-order valence-electron chi connectivity index (χ3n) is 2.38. The van der Waals surface area contributed by atoms with E-state index in [-0.39, 0.29) is 0 Å². The molecule has 1 heterocycles. The molecule has 78 valence electrons. The lowest BCUT2D eigenvalue weighted by atomic mass is 10.1. The van der Waals surface area contributed by atoms with Gasteiger partial charge in [-0.2, -0.15) is 0 Å². The maximum absolute atomic E-state index is 5.54. The van der Waals surface area contributed by atoms with Crippen molar-refractivity contribution >= 4 is 0 Å². The van der Waals surface area contributed by atoms with Crippen LogP contribution in [-0.2, 0) is 6.54 Å². The first-order chi connectivity index (χ1) is 7.20. The Labute approximate surface area is 88.9 Å². The number of hydrogen-bond acceptors (Lipinski definition) is 3. The van der Waals surface area contributed by atoms with Crippen LogP contribution in [0.3, 0.4) is 0 Å². The van der Waals surface area contributed by atoms with Gasteiger partial charge in [0.2, 0.25) is 5.89 Å². The minimum Gasteiger partial charge on any atom is -0.441 e. The van der Waals surface area contributed by atoms with Crippen molar-refractivity contribution in [1.82, 2.24) is 4.98 Å². The van der Waals surface area contributed by atoms with Crippen molar-refractivity contribution in [2.24, 2.45) is 5.73 Å². The predicted molar refractivity (Wildman–Crippen MR) is 59.3 cm³/mol. The Morgan fingerprint density at radius 3 is 2.40 bits per heavy atom. The summed E-state index contributed by atoms with van der Waals surface area (Å²) in [5.74, 6) is 1.45. The lowest BCUT2D eigenvalue weighted by molar-refractivity contribution is 0.539. The van der Waals surface area contributed by atoms with Crippen LogP contribution in [-0.4, -0.2) is 4.98 Å². The molecule has 3 heteroatoms. The van der Waals surface area contributed by atoms with E-state index in [1.807, 2.05) is 31.2 Å². The molecular weight excluding hydrogens is 188 g/mol. The smallest absolute Gasteiger partial charge is 0.226 e. The highest BCUT2D eigenvalue weighted by atomic mass is 16.4. The number of hydrogen-bond donors (Lipinski definition) is 1. The van der Waals surface area contributed by atoms with Crippen LogP contribution in [0.4, 0.5) is 0 Å². The van der Waals surface area contributed by atoms with Gasteiger partial charge < -0.3 is 10.2 Å². The average molecular weight is 202 g/mol. The Bertz CT molecular complexity index is 457. The maximum Gasteiger partial charge on any atom is 0.226 e. The van der Waals surface area contributed by atoms with Gasteiger partial charge in [-0.1, -0.05) is 17.7 Å². The molecule has 0 saturated heterocycles.